The van der Waals surface area contributed by atoms with Crippen molar-refractivity contribution >= 4 is 0 Å². The minimum absolute atomic E-state index is 0.271. The number of imidazole rings is 1. The van der Waals surface area contributed by atoms with E-state index in [-0.39, 0.29) is 5.75 Å². The summed E-state index contributed by atoms with van der Waals surface area (Å²) in [6.45, 7) is 0.930. The van der Waals surface area contributed by atoms with E-state index in [1.165, 1.54) is 0 Å². The van der Waals surface area contributed by atoms with Gasteiger partial charge in [-0.15, -0.1) is 0 Å². The summed E-state index contributed by atoms with van der Waals surface area (Å²) in [6.07, 6.45) is 1.65. The number of benzene rings is 1. The molecule has 1 aromatic heterocycles. The average molecular weight is 339 g/mol. The summed E-state index contributed by atoms with van der Waals surface area (Å²) in [7, 11) is 0. The lowest BCUT2D eigenvalue weighted by Crippen LogP contribution is -2.27. The highest BCUT2D eigenvalue weighted by atomic mass is 19.4. The predicted molar refractivity (Wildman–Crippen MR) is 83.9 cm³/mol. The first-order valence-corrected chi connectivity index (χ1v) is 8.02. The molecular weight excluding hydrogens is 319 g/mol. The molecule has 0 aliphatic carbocycles. The summed E-state index contributed by atoms with van der Waals surface area (Å²) < 4.78 is 44.1. The Kier molecular flexibility index (Phi) is 5.08. The number of rotatable bonds is 6. The summed E-state index contributed by atoms with van der Waals surface area (Å²) in [5, 5.41) is 3.33. The highest BCUT2D eigenvalue weighted by Gasteiger charge is 2.28. The van der Waals surface area contributed by atoms with Gasteiger partial charge in [0.2, 0.25) is 0 Å². The van der Waals surface area contributed by atoms with Gasteiger partial charge in [-0.25, -0.2) is 4.98 Å². The molecule has 0 bridgehead atoms. The second-order valence-electron chi connectivity index (χ2n) is 5.96. The standard InChI is InChI=1S/C17H20F3N3O/c18-17(19,20)12-24-15-6-2-1-4-13(15)10-21-11-14-5-3-8-23-9-7-22-16(14)23/h1-2,4,6-7,9,14,21H,3,5,8,10-12H2. The zero-order valence-electron chi connectivity index (χ0n) is 13.2. The van der Waals surface area contributed by atoms with Crippen molar-refractivity contribution < 1.29 is 17.9 Å². The van der Waals surface area contributed by atoms with Crippen LogP contribution in [-0.2, 0) is 13.1 Å². The van der Waals surface area contributed by atoms with Gasteiger partial charge >= 0.3 is 6.18 Å². The van der Waals surface area contributed by atoms with E-state index in [2.05, 4.69) is 14.9 Å². The third-order valence-electron chi connectivity index (χ3n) is 4.13. The van der Waals surface area contributed by atoms with Gasteiger partial charge in [-0.1, -0.05) is 18.2 Å². The number of alkyl halides is 3. The van der Waals surface area contributed by atoms with Gasteiger partial charge in [-0.05, 0) is 18.9 Å². The van der Waals surface area contributed by atoms with E-state index in [0.717, 1.165) is 37.3 Å². The molecule has 0 radical (unpaired) electrons. The van der Waals surface area contributed by atoms with Crippen LogP contribution >= 0.6 is 0 Å². The molecule has 7 heteroatoms. The lowest BCUT2D eigenvalue weighted by atomic mass is 9.99. The van der Waals surface area contributed by atoms with Crippen LogP contribution in [0, 0.1) is 0 Å². The number of aromatic nitrogens is 2. The Balaban J connectivity index is 1.56. The molecule has 4 nitrogen and oxygen atoms in total. The number of aryl methyl sites for hydroxylation is 1. The van der Waals surface area contributed by atoms with E-state index >= 15 is 0 Å². The molecule has 0 spiro atoms. The normalized spacial score (nSPS) is 17.5. The lowest BCUT2D eigenvalue weighted by Gasteiger charge is -2.24. The topological polar surface area (TPSA) is 39.1 Å². The Hall–Kier alpha value is -2.02. The maximum Gasteiger partial charge on any atom is 0.422 e. The largest absolute Gasteiger partial charge is 0.484 e. The van der Waals surface area contributed by atoms with Crippen molar-refractivity contribution in [2.24, 2.45) is 0 Å². The maximum atomic E-state index is 12.3. The Labute approximate surface area is 138 Å². The monoisotopic (exact) mass is 339 g/mol. The zero-order valence-corrected chi connectivity index (χ0v) is 13.2. The number of nitrogens with zero attached hydrogens (tertiary/aromatic N) is 2. The molecule has 0 saturated carbocycles. The molecule has 1 atom stereocenters. The molecule has 1 aromatic carbocycles. The fourth-order valence-corrected chi connectivity index (χ4v) is 3.03. The third-order valence-corrected chi connectivity index (χ3v) is 4.13. The van der Waals surface area contributed by atoms with Gasteiger partial charge in [0, 0.05) is 43.5 Å². The minimum atomic E-state index is -4.33. The van der Waals surface area contributed by atoms with Crippen LogP contribution in [0.5, 0.6) is 5.75 Å². The second kappa shape index (κ2) is 7.25. The first-order valence-electron chi connectivity index (χ1n) is 8.02. The van der Waals surface area contributed by atoms with Crippen LogP contribution in [-0.4, -0.2) is 28.9 Å². The molecule has 1 aliphatic rings. The highest BCUT2D eigenvalue weighted by Crippen LogP contribution is 2.26. The fraction of sp³-hybridized carbons (Fsp3) is 0.471. The SMILES string of the molecule is FC(F)(F)COc1ccccc1CNCC1CCCn2ccnc21. The number of fused-ring (bicyclic) bond motifs is 1. The van der Waals surface area contributed by atoms with Crippen molar-refractivity contribution in [3.63, 3.8) is 0 Å². The molecule has 24 heavy (non-hydrogen) atoms. The van der Waals surface area contributed by atoms with Gasteiger partial charge in [-0.3, -0.25) is 0 Å². The fourth-order valence-electron chi connectivity index (χ4n) is 3.03. The van der Waals surface area contributed by atoms with E-state index in [1.54, 1.807) is 24.3 Å². The van der Waals surface area contributed by atoms with Gasteiger partial charge in [0.05, 0.1) is 0 Å². The molecule has 1 unspecified atom stereocenters. The minimum Gasteiger partial charge on any atom is -0.484 e. The van der Waals surface area contributed by atoms with Gasteiger partial charge in [0.1, 0.15) is 11.6 Å². The molecule has 2 heterocycles. The summed E-state index contributed by atoms with van der Waals surface area (Å²) in [6, 6.07) is 6.81. The lowest BCUT2D eigenvalue weighted by molar-refractivity contribution is -0.153. The molecule has 0 amide bonds. The quantitative estimate of drug-likeness (QED) is 0.876. The van der Waals surface area contributed by atoms with Crippen LogP contribution in [0.25, 0.3) is 0 Å². The second-order valence-corrected chi connectivity index (χ2v) is 5.96. The first kappa shape index (κ1) is 16.8. The first-order chi connectivity index (χ1) is 11.5. The predicted octanol–water partition coefficient (Wildman–Crippen LogP) is 3.49. The molecule has 0 saturated heterocycles. The Morgan fingerprint density at radius 1 is 1.29 bits per heavy atom. The van der Waals surface area contributed by atoms with Crippen LogP contribution in [0.15, 0.2) is 36.7 Å². The van der Waals surface area contributed by atoms with Crippen molar-refractivity contribution in [3.05, 3.63) is 48.0 Å². The van der Waals surface area contributed by atoms with E-state index < -0.39 is 12.8 Å². The van der Waals surface area contributed by atoms with Gasteiger partial charge < -0.3 is 14.6 Å². The third kappa shape index (κ3) is 4.29. The van der Waals surface area contributed by atoms with E-state index in [4.69, 9.17) is 4.74 Å². The number of ether oxygens (including phenoxy) is 1. The molecular formula is C17H20F3N3O. The van der Waals surface area contributed by atoms with Crippen molar-refractivity contribution in [2.75, 3.05) is 13.2 Å². The molecule has 1 aliphatic heterocycles. The summed E-state index contributed by atoms with van der Waals surface area (Å²) in [5.41, 5.74) is 0.723. The Bertz CT molecular complexity index is 669. The van der Waals surface area contributed by atoms with Crippen LogP contribution in [0.1, 0.15) is 30.1 Å². The van der Waals surface area contributed by atoms with Crippen molar-refractivity contribution in [2.45, 2.75) is 38.0 Å². The van der Waals surface area contributed by atoms with E-state index in [0.29, 0.717) is 12.5 Å². The average Bonchev–Trinajstić information content (AvgIpc) is 3.03. The number of halogens is 3. The molecule has 2 aromatic rings. The highest BCUT2D eigenvalue weighted by molar-refractivity contribution is 5.33. The van der Waals surface area contributed by atoms with Crippen LogP contribution in [0.4, 0.5) is 13.2 Å². The maximum absolute atomic E-state index is 12.3. The van der Waals surface area contributed by atoms with E-state index in [9.17, 15) is 13.2 Å². The summed E-state index contributed by atoms with van der Waals surface area (Å²) in [5.74, 6) is 1.68. The van der Waals surface area contributed by atoms with Crippen molar-refractivity contribution in [3.8, 4) is 5.75 Å². The van der Waals surface area contributed by atoms with Crippen molar-refractivity contribution in [1.29, 1.82) is 0 Å². The number of hydrogen-bond donors (Lipinski definition) is 1. The van der Waals surface area contributed by atoms with Gasteiger partial charge in [0.25, 0.3) is 0 Å². The molecule has 1 N–H and O–H groups in total. The number of nitrogens with one attached hydrogen (secondary N) is 1. The van der Waals surface area contributed by atoms with Crippen LogP contribution < -0.4 is 10.1 Å². The zero-order chi connectivity index (χ0) is 17.0. The summed E-state index contributed by atoms with van der Waals surface area (Å²) >= 11 is 0. The molecule has 0 fully saturated rings. The molecule has 3 rings (SSSR count). The Morgan fingerprint density at radius 3 is 2.96 bits per heavy atom. The van der Waals surface area contributed by atoms with Gasteiger partial charge in [-0.2, -0.15) is 13.2 Å². The number of para-hydroxylation sites is 1. The smallest absolute Gasteiger partial charge is 0.422 e. The van der Waals surface area contributed by atoms with Crippen LogP contribution in [0.2, 0.25) is 0 Å². The van der Waals surface area contributed by atoms with Crippen molar-refractivity contribution in [1.82, 2.24) is 14.9 Å². The van der Waals surface area contributed by atoms with Gasteiger partial charge in [0.15, 0.2) is 6.61 Å². The molecule has 130 valence electrons. The number of hydrogen-bond acceptors (Lipinski definition) is 3. The van der Waals surface area contributed by atoms with Crippen LogP contribution in [0.3, 0.4) is 0 Å². The summed E-state index contributed by atoms with van der Waals surface area (Å²) in [4.78, 5) is 4.41. The van der Waals surface area contributed by atoms with E-state index in [1.807, 2.05) is 12.4 Å². The Morgan fingerprint density at radius 2 is 2.12 bits per heavy atom.